The Morgan fingerprint density at radius 2 is 1.94 bits per heavy atom. The number of hydrogen-bond donors (Lipinski definition) is 2. The summed E-state index contributed by atoms with van der Waals surface area (Å²) < 4.78 is 2.38. The summed E-state index contributed by atoms with van der Waals surface area (Å²) in [5.74, 6) is 0.159. The largest absolute Gasteiger partial charge is 0.506 e. The van der Waals surface area contributed by atoms with Gasteiger partial charge in [-0.3, -0.25) is 9.78 Å². The molecule has 0 saturated heterocycles. The smallest absolute Gasteiger partial charge is 0.274 e. The zero-order valence-electron chi connectivity index (χ0n) is 19.0. The minimum atomic E-state index is -0.503. The number of pyridine rings is 1. The van der Waals surface area contributed by atoms with E-state index in [1.165, 1.54) is 22.2 Å². The number of rotatable bonds is 2. The number of aromatic hydroxyl groups is 1. The van der Waals surface area contributed by atoms with Crippen LogP contribution in [0, 0.1) is 18.3 Å². The van der Waals surface area contributed by atoms with Gasteiger partial charge in [-0.1, -0.05) is 42.0 Å². The molecule has 0 amide bonds. The second-order valence-corrected chi connectivity index (χ2v) is 9.53. The normalized spacial score (nSPS) is 14.9. The second kappa shape index (κ2) is 8.15. The van der Waals surface area contributed by atoms with Crippen molar-refractivity contribution in [1.29, 1.82) is 5.26 Å². The highest BCUT2D eigenvalue weighted by molar-refractivity contribution is 7.07. The van der Waals surface area contributed by atoms with Gasteiger partial charge in [-0.25, -0.2) is 14.5 Å². The van der Waals surface area contributed by atoms with Crippen LogP contribution >= 0.6 is 11.3 Å². The fraction of sp³-hybridized carbons (Fsp3) is 0.0741. The van der Waals surface area contributed by atoms with Crippen LogP contribution in [-0.4, -0.2) is 24.6 Å². The number of nitrogen functional groups attached to an aromatic ring is 1. The van der Waals surface area contributed by atoms with Gasteiger partial charge < -0.3 is 10.8 Å². The maximum Gasteiger partial charge on any atom is 0.274 e. The molecule has 2 aromatic carbocycles. The van der Waals surface area contributed by atoms with Gasteiger partial charge in [-0.2, -0.15) is 5.26 Å². The molecule has 1 unspecified atom stereocenters. The van der Waals surface area contributed by atoms with E-state index in [0.29, 0.717) is 37.1 Å². The first-order chi connectivity index (χ1) is 17.5. The highest BCUT2D eigenvalue weighted by atomic mass is 32.1. The molecular weight excluding hydrogens is 472 g/mol. The van der Waals surface area contributed by atoms with Gasteiger partial charge in [0.1, 0.15) is 28.1 Å². The Labute approximate surface area is 208 Å². The molecule has 1 aliphatic heterocycles. The number of thiazole rings is 1. The molecule has 36 heavy (non-hydrogen) atoms. The lowest BCUT2D eigenvalue weighted by Crippen LogP contribution is -2.36. The number of benzene rings is 2. The zero-order chi connectivity index (χ0) is 25.0. The van der Waals surface area contributed by atoms with E-state index in [9.17, 15) is 15.2 Å². The first-order valence-corrected chi connectivity index (χ1v) is 11.9. The van der Waals surface area contributed by atoms with E-state index in [1.807, 2.05) is 37.3 Å². The third-order valence-corrected chi connectivity index (χ3v) is 7.44. The van der Waals surface area contributed by atoms with Crippen LogP contribution in [0.4, 0.5) is 5.82 Å². The van der Waals surface area contributed by atoms with Gasteiger partial charge >= 0.3 is 0 Å². The Morgan fingerprint density at radius 1 is 1.14 bits per heavy atom. The van der Waals surface area contributed by atoms with Crippen LogP contribution in [0.15, 0.2) is 65.8 Å². The quantitative estimate of drug-likeness (QED) is 0.389. The van der Waals surface area contributed by atoms with Crippen molar-refractivity contribution >= 4 is 39.7 Å². The SMILES string of the molecule is Cc1ccc(C2C(C#N)=c3s/c(=C/c4ccc(O)c5ncccc45)c(=O)n3-c3ncnc(N)c32)cc1. The maximum atomic E-state index is 13.7. The Bertz CT molecular complexity index is 1920. The number of hydrogen-bond acceptors (Lipinski definition) is 8. The summed E-state index contributed by atoms with van der Waals surface area (Å²) in [6, 6.07) is 17.1. The van der Waals surface area contributed by atoms with Crippen molar-refractivity contribution in [3.05, 3.63) is 103 Å². The molecule has 0 radical (unpaired) electrons. The molecule has 0 bridgehead atoms. The number of phenols is 1. The van der Waals surface area contributed by atoms with E-state index < -0.39 is 5.92 Å². The number of phenolic OH excluding ortho intramolecular Hbond substituents is 1. The molecule has 0 aliphatic carbocycles. The average molecular weight is 491 g/mol. The van der Waals surface area contributed by atoms with Gasteiger partial charge in [0.25, 0.3) is 5.56 Å². The van der Waals surface area contributed by atoms with Crippen molar-refractivity contribution in [2.45, 2.75) is 12.8 Å². The van der Waals surface area contributed by atoms with E-state index in [4.69, 9.17) is 5.73 Å². The van der Waals surface area contributed by atoms with Gasteiger partial charge in [0.2, 0.25) is 0 Å². The van der Waals surface area contributed by atoms with Crippen LogP contribution < -0.4 is 20.5 Å². The summed E-state index contributed by atoms with van der Waals surface area (Å²) in [6.45, 7) is 1.99. The number of aromatic nitrogens is 4. The fourth-order valence-electron chi connectivity index (χ4n) is 4.63. The van der Waals surface area contributed by atoms with Crippen LogP contribution in [0.2, 0.25) is 0 Å². The third kappa shape index (κ3) is 3.20. The molecule has 9 heteroatoms. The number of nitrogens with two attached hydrogens (primary N) is 1. The predicted molar refractivity (Wildman–Crippen MR) is 138 cm³/mol. The van der Waals surface area contributed by atoms with Crippen molar-refractivity contribution in [3.8, 4) is 17.6 Å². The van der Waals surface area contributed by atoms with Crippen molar-refractivity contribution in [3.63, 3.8) is 0 Å². The third-order valence-electron chi connectivity index (χ3n) is 6.34. The average Bonchev–Trinajstić information content (AvgIpc) is 3.21. The molecule has 4 heterocycles. The summed E-state index contributed by atoms with van der Waals surface area (Å²) in [5, 5.41) is 21.2. The highest BCUT2D eigenvalue weighted by Crippen LogP contribution is 2.39. The second-order valence-electron chi connectivity index (χ2n) is 8.50. The van der Waals surface area contributed by atoms with E-state index in [1.54, 1.807) is 30.5 Å². The lowest BCUT2D eigenvalue weighted by atomic mass is 9.84. The van der Waals surface area contributed by atoms with Crippen LogP contribution in [0.25, 0.3) is 28.4 Å². The Morgan fingerprint density at radius 3 is 2.72 bits per heavy atom. The topological polar surface area (TPSA) is 131 Å². The molecule has 3 N–H and O–H groups in total. The summed E-state index contributed by atoms with van der Waals surface area (Å²) >= 11 is 1.22. The highest BCUT2D eigenvalue weighted by Gasteiger charge is 2.33. The minimum Gasteiger partial charge on any atom is -0.506 e. The lowest BCUT2D eigenvalue weighted by Gasteiger charge is -2.24. The Kier molecular flexibility index (Phi) is 4.91. The van der Waals surface area contributed by atoms with Gasteiger partial charge in [0.15, 0.2) is 5.82 Å². The Hall–Kier alpha value is -4.81. The molecule has 0 fully saturated rings. The standard InChI is InChI=1S/C27H18N6O2S/c1-14-4-6-15(7-5-14)21-18(12-28)27-33(25-22(21)24(29)31-13-32-25)26(35)20(36-27)11-16-8-9-19(34)23-17(16)3-2-10-30-23/h2-11,13,21,34H,1H3,(H2,29,31,32)/b20-11+. The van der Waals surface area contributed by atoms with E-state index in [2.05, 4.69) is 21.0 Å². The van der Waals surface area contributed by atoms with Crippen LogP contribution in [0.5, 0.6) is 5.75 Å². The lowest BCUT2D eigenvalue weighted by molar-refractivity contribution is 0.480. The van der Waals surface area contributed by atoms with Crippen LogP contribution in [-0.2, 0) is 0 Å². The predicted octanol–water partition coefficient (Wildman–Crippen LogP) is 2.48. The van der Waals surface area contributed by atoms with E-state index in [-0.39, 0.29) is 17.1 Å². The van der Waals surface area contributed by atoms with E-state index >= 15 is 0 Å². The molecule has 174 valence electrons. The summed E-state index contributed by atoms with van der Waals surface area (Å²) in [4.78, 5) is 26.5. The fourth-order valence-corrected chi connectivity index (χ4v) is 5.74. The van der Waals surface area contributed by atoms with Crippen LogP contribution in [0.1, 0.15) is 28.2 Å². The molecule has 1 atom stereocenters. The number of nitrogens with zero attached hydrogens (tertiary/aromatic N) is 5. The summed E-state index contributed by atoms with van der Waals surface area (Å²) in [5.41, 5.74) is 10.1. The number of nitriles is 1. The van der Waals surface area contributed by atoms with Gasteiger partial charge in [-0.15, -0.1) is 11.3 Å². The molecule has 5 aromatic rings. The van der Waals surface area contributed by atoms with Gasteiger partial charge in [0, 0.05) is 11.6 Å². The molecule has 8 nitrogen and oxygen atoms in total. The molecular formula is C27H18N6O2S. The Balaban J connectivity index is 1.70. The number of aryl methyl sites for hydroxylation is 1. The van der Waals surface area contributed by atoms with Crippen molar-refractivity contribution < 1.29 is 5.11 Å². The molecule has 6 rings (SSSR count). The monoisotopic (exact) mass is 490 g/mol. The number of anilines is 1. The molecule has 0 spiro atoms. The first-order valence-electron chi connectivity index (χ1n) is 11.1. The van der Waals surface area contributed by atoms with Crippen molar-refractivity contribution in [1.82, 2.24) is 19.5 Å². The minimum absolute atomic E-state index is 0.0621. The van der Waals surface area contributed by atoms with Crippen molar-refractivity contribution in [2.24, 2.45) is 0 Å². The van der Waals surface area contributed by atoms with Gasteiger partial charge in [0.05, 0.1) is 27.7 Å². The number of fused-ring (bicyclic) bond motifs is 4. The summed E-state index contributed by atoms with van der Waals surface area (Å²) in [7, 11) is 0. The summed E-state index contributed by atoms with van der Waals surface area (Å²) in [6.07, 6.45) is 4.68. The molecule has 0 saturated carbocycles. The van der Waals surface area contributed by atoms with Gasteiger partial charge in [-0.05, 0) is 36.3 Å². The zero-order valence-corrected chi connectivity index (χ0v) is 19.8. The maximum absolute atomic E-state index is 13.7. The van der Waals surface area contributed by atoms with E-state index in [0.717, 1.165) is 16.7 Å². The molecule has 3 aromatic heterocycles. The van der Waals surface area contributed by atoms with Crippen LogP contribution in [0.3, 0.4) is 0 Å². The molecule has 1 aliphatic rings. The van der Waals surface area contributed by atoms with Crippen molar-refractivity contribution in [2.75, 3.05) is 5.73 Å². The first kappa shape index (κ1) is 21.7.